The summed E-state index contributed by atoms with van der Waals surface area (Å²) in [5.74, 6) is -1.90. The monoisotopic (exact) mass is 236 g/mol. The van der Waals surface area contributed by atoms with E-state index in [1.165, 1.54) is 5.56 Å². The first-order chi connectivity index (χ1) is 8.06. The SMILES string of the molecule is C=Cc1ccccc1.O=C(O)CCCC(=O)O. The number of carboxylic acid groups (broad SMARTS) is 2. The summed E-state index contributed by atoms with van der Waals surface area (Å²) in [6.45, 7) is 3.63. The molecule has 0 spiro atoms. The van der Waals surface area contributed by atoms with Crippen LogP contribution in [0.25, 0.3) is 6.08 Å². The van der Waals surface area contributed by atoms with Gasteiger partial charge in [-0.15, -0.1) is 0 Å². The van der Waals surface area contributed by atoms with Gasteiger partial charge < -0.3 is 10.2 Å². The Morgan fingerprint density at radius 2 is 1.53 bits per heavy atom. The van der Waals surface area contributed by atoms with E-state index in [0.717, 1.165) is 0 Å². The van der Waals surface area contributed by atoms with E-state index in [1.54, 1.807) is 0 Å². The van der Waals surface area contributed by atoms with Crippen molar-refractivity contribution in [1.82, 2.24) is 0 Å². The molecule has 0 atom stereocenters. The van der Waals surface area contributed by atoms with Crippen LogP contribution in [0.2, 0.25) is 0 Å². The molecule has 1 aromatic carbocycles. The Kier molecular flexibility index (Phi) is 8.02. The summed E-state index contributed by atoms with van der Waals surface area (Å²) >= 11 is 0. The molecule has 0 aromatic heterocycles. The molecule has 4 nitrogen and oxygen atoms in total. The van der Waals surface area contributed by atoms with Crippen LogP contribution in [-0.4, -0.2) is 22.2 Å². The fourth-order valence-electron chi connectivity index (χ4n) is 0.980. The molecule has 0 unspecified atom stereocenters. The average molecular weight is 236 g/mol. The first kappa shape index (κ1) is 14.9. The molecule has 17 heavy (non-hydrogen) atoms. The highest BCUT2D eigenvalue weighted by molar-refractivity contribution is 5.69. The van der Waals surface area contributed by atoms with E-state index in [-0.39, 0.29) is 19.3 Å². The van der Waals surface area contributed by atoms with Gasteiger partial charge in [0.25, 0.3) is 0 Å². The van der Waals surface area contributed by atoms with Crippen LogP contribution in [0.4, 0.5) is 0 Å². The van der Waals surface area contributed by atoms with E-state index in [9.17, 15) is 9.59 Å². The zero-order valence-electron chi connectivity index (χ0n) is 9.50. The molecule has 92 valence electrons. The number of benzene rings is 1. The summed E-state index contributed by atoms with van der Waals surface area (Å²) in [6.07, 6.45) is 1.92. The molecule has 2 N–H and O–H groups in total. The molecular weight excluding hydrogens is 220 g/mol. The van der Waals surface area contributed by atoms with Gasteiger partial charge in [0.05, 0.1) is 0 Å². The Morgan fingerprint density at radius 1 is 1.06 bits per heavy atom. The van der Waals surface area contributed by atoms with E-state index >= 15 is 0 Å². The lowest BCUT2D eigenvalue weighted by Crippen LogP contribution is -1.98. The molecule has 0 amide bonds. The molecule has 0 radical (unpaired) electrons. The Balaban J connectivity index is 0.000000302. The molecule has 4 heteroatoms. The lowest BCUT2D eigenvalue weighted by molar-refractivity contribution is -0.138. The molecule has 0 heterocycles. The number of hydrogen-bond acceptors (Lipinski definition) is 2. The first-order valence-corrected chi connectivity index (χ1v) is 5.17. The Bertz CT molecular complexity index is 343. The number of aliphatic carboxylic acids is 2. The van der Waals surface area contributed by atoms with Gasteiger partial charge in [-0.05, 0) is 12.0 Å². The zero-order chi connectivity index (χ0) is 13.1. The summed E-state index contributed by atoms with van der Waals surface area (Å²) in [6, 6.07) is 10.0. The lowest BCUT2D eigenvalue weighted by Gasteiger charge is -1.89. The standard InChI is InChI=1S/C8H8.C5H8O4/c1-2-8-6-4-3-5-7-8;6-4(7)2-1-3-5(8)9/h2-7H,1H2;1-3H2,(H,6,7)(H,8,9). The Morgan fingerprint density at radius 3 is 1.82 bits per heavy atom. The average Bonchev–Trinajstić information content (AvgIpc) is 2.30. The third-order valence-electron chi connectivity index (χ3n) is 1.82. The molecule has 0 aliphatic heterocycles. The third kappa shape index (κ3) is 10.2. The summed E-state index contributed by atoms with van der Waals surface area (Å²) in [4.78, 5) is 19.6. The van der Waals surface area contributed by atoms with Crippen LogP contribution in [0.1, 0.15) is 24.8 Å². The molecular formula is C13H16O4. The molecule has 0 saturated carbocycles. The van der Waals surface area contributed by atoms with Gasteiger partial charge in [-0.1, -0.05) is 43.0 Å². The van der Waals surface area contributed by atoms with E-state index in [1.807, 2.05) is 36.4 Å². The van der Waals surface area contributed by atoms with Crippen LogP contribution in [0.15, 0.2) is 36.9 Å². The maximum Gasteiger partial charge on any atom is 0.303 e. The minimum absolute atomic E-state index is 0.0632. The second kappa shape index (κ2) is 9.15. The van der Waals surface area contributed by atoms with E-state index in [2.05, 4.69) is 6.58 Å². The molecule has 0 aliphatic rings. The summed E-state index contributed by atoms with van der Waals surface area (Å²) in [7, 11) is 0. The summed E-state index contributed by atoms with van der Waals surface area (Å²) in [5.41, 5.74) is 1.17. The topological polar surface area (TPSA) is 74.6 Å². The highest BCUT2D eigenvalue weighted by Gasteiger charge is 1.99. The van der Waals surface area contributed by atoms with Gasteiger partial charge in [-0.25, -0.2) is 0 Å². The smallest absolute Gasteiger partial charge is 0.303 e. The Labute approximate surface area is 100 Å². The molecule has 1 rings (SSSR count). The van der Waals surface area contributed by atoms with Gasteiger partial charge in [0.1, 0.15) is 0 Å². The van der Waals surface area contributed by atoms with Crippen molar-refractivity contribution in [3.63, 3.8) is 0 Å². The zero-order valence-corrected chi connectivity index (χ0v) is 9.50. The van der Waals surface area contributed by atoms with Crippen molar-refractivity contribution in [3.8, 4) is 0 Å². The van der Waals surface area contributed by atoms with Crippen LogP contribution in [0.5, 0.6) is 0 Å². The largest absolute Gasteiger partial charge is 0.481 e. The van der Waals surface area contributed by atoms with Crippen molar-refractivity contribution in [2.75, 3.05) is 0 Å². The van der Waals surface area contributed by atoms with Crippen molar-refractivity contribution in [1.29, 1.82) is 0 Å². The third-order valence-corrected chi connectivity index (χ3v) is 1.82. The van der Waals surface area contributed by atoms with Crippen molar-refractivity contribution in [2.45, 2.75) is 19.3 Å². The normalized spacial score (nSPS) is 8.71. The summed E-state index contributed by atoms with van der Waals surface area (Å²) in [5, 5.41) is 16.1. The van der Waals surface area contributed by atoms with E-state index in [4.69, 9.17) is 10.2 Å². The van der Waals surface area contributed by atoms with Crippen LogP contribution in [-0.2, 0) is 9.59 Å². The number of carboxylic acids is 2. The second-order valence-electron chi connectivity index (χ2n) is 3.26. The van der Waals surface area contributed by atoms with Gasteiger partial charge in [-0.2, -0.15) is 0 Å². The van der Waals surface area contributed by atoms with Gasteiger partial charge in [0, 0.05) is 12.8 Å². The minimum Gasteiger partial charge on any atom is -0.481 e. The summed E-state index contributed by atoms with van der Waals surface area (Å²) < 4.78 is 0. The molecule has 0 saturated heterocycles. The highest BCUT2D eigenvalue weighted by Crippen LogP contribution is 1.97. The van der Waals surface area contributed by atoms with Crippen molar-refractivity contribution in [2.24, 2.45) is 0 Å². The molecule has 0 aliphatic carbocycles. The van der Waals surface area contributed by atoms with Crippen molar-refractivity contribution in [3.05, 3.63) is 42.5 Å². The fraction of sp³-hybridized carbons (Fsp3) is 0.231. The minimum atomic E-state index is -0.948. The quantitative estimate of drug-likeness (QED) is 0.824. The van der Waals surface area contributed by atoms with Crippen LogP contribution >= 0.6 is 0 Å². The van der Waals surface area contributed by atoms with E-state index in [0.29, 0.717) is 0 Å². The predicted octanol–water partition coefficient (Wildman–Crippen LogP) is 2.66. The van der Waals surface area contributed by atoms with Gasteiger partial charge >= 0.3 is 11.9 Å². The van der Waals surface area contributed by atoms with Crippen LogP contribution < -0.4 is 0 Å². The van der Waals surface area contributed by atoms with Gasteiger partial charge in [0.15, 0.2) is 0 Å². The number of carbonyl (C=O) groups is 2. The number of hydrogen-bond donors (Lipinski definition) is 2. The lowest BCUT2D eigenvalue weighted by atomic mass is 10.2. The van der Waals surface area contributed by atoms with Crippen molar-refractivity contribution < 1.29 is 19.8 Å². The van der Waals surface area contributed by atoms with Crippen LogP contribution in [0, 0.1) is 0 Å². The molecule has 0 fully saturated rings. The highest BCUT2D eigenvalue weighted by atomic mass is 16.4. The molecule has 0 bridgehead atoms. The van der Waals surface area contributed by atoms with E-state index < -0.39 is 11.9 Å². The second-order valence-corrected chi connectivity index (χ2v) is 3.26. The van der Waals surface area contributed by atoms with Crippen LogP contribution in [0.3, 0.4) is 0 Å². The predicted molar refractivity (Wildman–Crippen MR) is 65.7 cm³/mol. The maximum atomic E-state index is 9.79. The maximum absolute atomic E-state index is 9.79. The molecule has 1 aromatic rings. The van der Waals surface area contributed by atoms with Gasteiger partial charge in [-0.3, -0.25) is 9.59 Å². The Hall–Kier alpha value is -2.10. The van der Waals surface area contributed by atoms with Crippen molar-refractivity contribution >= 4 is 18.0 Å². The number of rotatable bonds is 5. The first-order valence-electron chi connectivity index (χ1n) is 5.17. The van der Waals surface area contributed by atoms with Gasteiger partial charge in [0.2, 0.25) is 0 Å². The fourth-order valence-corrected chi connectivity index (χ4v) is 0.980.